The van der Waals surface area contributed by atoms with E-state index in [1.54, 1.807) is 6.07 Å². The fourth-order valence-corrected chi connectivity index (χ4v) is 1.76. The molecule has 0 radical (unpaired) electrons. The zero-order valence-corrected chi connectivity index (χ0v) is 13.4. The van der Waals surface area contributed by atoms with Crippen molar-refractivity contribution in [2.24, 2.45) is 0 Å². The number of benzene rings is 1. The van der Waals surface area contributed by atoms with Crippen molar-refractivity contribution in [3.8, 4) is 0 Å². The van der Waals surface area contributed by atoms with Gasteiger partial charge in [-0.1, -0.05) is 18.2 Å². The van der Waals surface area contributed by atoms with Gasteiger partial charge in [0, 0.05) is 11.5 Å². The lowest BCUT2D eigenvalue weighted by Crippen LogP contribution is -2.55. The van der Waals surface area contributed by atoms with Crippen LogP contribution in [0.25, 0.3) is 0 Å². The van der Waals surface area contributed by atoms with Gasteiger partial charge in [0.15, 0.2) is 6.04 Å². The number of amides is 1. The highest BCUT2D eigenvalue weighted by molar-refractivity contribution is 5.97. The summed E-state index contributed by atoms with van der Waals surface area (Å²) in [7, 11) is 1.98. The molecule has 0 spiro atoms. The molecule has 0 saturated heterocycles. The minimum Gasteiger partial charge on any atom is -0.617 e. The van der Waals surface area contributed by atoms with Gasteiger partial charge in [0.1, 0.15) is 6.54 Å². The van der Waals surface area contributed by atoms with Gasteiger partial charge in [0.2, 0.25) is 0 Å². The van der Waals surface area contributed by atoms with Crippen molar-refractivity contribution in [3.05, 3.63) is 47.9 Å². The van der Waals surface area contributed by atoms with Crippen molar-refractivity contribution < 1.29 is 37.3 Å². The van der Waals surface area contributed by atoms with E-state index in [2.05, 4.69) is 9.47 Å². The number of hydrogen-bond donors (Lipinski definition) is 1. The number of nitrogens with one attached hydrogen (secondary N) is 1. The molecule has 138 valence electrons. The van der Waals surface area contributed by atoms with Gasteiger partial charge in [-0.15, -0.1) is 0 Å². The summed E-state index contributed by atoms with van der Waals surface area (Å²) in [5.74, 6) is -3.10. The predicted molar refractivity (Wildman–Crippen MR) is 77.6 cm³/mol. The van der Waals surface area contributed by atoms with Crippen LogP contribution >= 0.6 is 0 Å². The Bertz CT molecular complexity index is 619. The molecule has 1 atom stereocenters. The molecular weight excluding hydrogens is 345 g/mol. The number of halogens is 3. The van der Waals surface area contributed by atoms with Gasteiger partial charge in [0.05, 0.1) is 7.11 Å². The fourth-order valence-electron chi connectivity index (χ4n) is 1.76. The van der Waals surface area contributed by atoms with E-state index in [0.29, 0.717) is 11.1 Å². The number of methoxy groups -OCH3 is 2. The standard InChI is InChI=1S/C15H17F3N2O5/c1-24-12(21)8-11(14(23)25-2)20(19-9-15(16,17)18)13(22)10-6-4-3-5-7-10/h3-8,11,19,21H,9H2,1-2H3/p-1/b12-8-/t11-/m0/s1. The van der Waals surface area contributed by atoms with Gasteiger partial charge in [-0.2, -0.15) is 13.2 Å². The van der Waals surface area contributed by atoms with Crippen LogP contribution in [0.4, 0.5) is 13.2 Å². The van der Waals surface area contributed by atoms with Gasteiger partial charge in [-0.25, -0.2) is 10.2 Å². The zero-order chi connectivity index (χ0) is 19.0. The third-order valence-electron chi connectivity index (χ3n) is 2.91. The first-order valence-electron chi connectivity index (χ1n) is 6.89. The maximum absolute atomic E-state index is 12.5. The lowest BCUT2D eigenvalue weighted by molar-refractivity contribution is -0.354. The molecular formula is C15H16F3N2O5-. The van der Waals surface area contributed by atoms with Crippen LogP contribution in [0, 0.1) is 0 Å². The highest BCUT2D eigenvalue weighted by atomic mass is 19.4. The van der Waals surface area contributed by atoms with Crippen molar-refractivity contribution in [2.75, 3.05) is 20.8 Å². The van der Waals surface area contributed by atoms with Crippen molar-refractivity contribution >= 4 is 11.9 Å². The van der Waals surface area contributed by atoms with E-state index >= 15 is 0 Å². The lowest BCUT2D eigenvalue weighted by Gasteiger charge is -2.30. The highest BCUT2D eigenvalue weighted by Gasteiger charge is 2.34. The minimum atomic E-state index is -4.67. The quantitative estimate of drug-likeness (QED) is 0.434. The number of carbonyl (C=O) groups is 2. The molecule has 10 heteroatoms. The average molecular weight is 361 g/mol. The smallest absolute Gasteiger partial charge is 0.402 e. The Kier molecular flexibility index (Phi) is 7.24. The Morgan fingerprint density at radius 2 is 1.84 bits per heavy atom. The number of esters is 1. The molecule has 1 amide bonds. The predicted octanol–water partition coefficient (Wildman–Crippen LogP) is 0.585. The second kappa shape index (κ2) is 8.92. The SMILES string of the molecule is COC(=O)[C@H](/C=C(/[O-])OC)N(NCC(F)(F)F)C(=O)c1ccccc1. The van der Waals surface area contributed by atoms with Crippen molar-refractivity contribution in [1.29, 1.82) is 0 Å². The third-order valence-corrected chi connectivity index (χ3v) is 2.91. The molecule has 0 aromatic heterocycles. The molecule has 25 heavy (non-hydrogen) atoms. The van der Waals surface area contributed by atoms with Crippen molar-refractivity contribution in [1.82, 2.24) is 10.4 Å². The number of carbonyl (C=O) groups excluding carboxylic acids is 2. The van der Waals surface area contributed by atoms with Crippen LogP contribution in [0.15, 0.2) is 42.4 Å². The van der Waals surface area contributed by atoms with Crippen LogP contribution in [0.1, 0.15) is 10.4 Å². The molecule has 0 bridgehead atoms. The maximum atomic E-state index is 12.5. The molecule has 1 rings (SSSR count). The number of alkyl halides is 3. The summed E-state index contributed by atoms with van der Waals surface area (Å²) in [6, 6.07) is 5.52. The number of hydrazine groups is 1. The van der Waals surface area contributed by atoms with E-state index in [1.807, 2.05) is 5.43 Å². The molecule has 0 fully saturated rings. The number of nitrogens with zero attached hydrogens (tertiary/aromatic N) is 1. The third kappa shape index (κ3) is 6.34. The van der Waals surface area contributed by atoms with E-state index in [0.717, 1.165) is 14.2 Å². The Morgan fingerprint density at radius 3 is 2.32 bits per heavy atom. The van der Waals surface area contributed by atoms with Crippen LogP contribution in [0.3, 0.4) is 0 Å². The minimum absolute atomic E-state index is 0.00402. The average Bonchev–Trinajstić information content (AvgIpc) is 2.59. The highest BCUT2D eigenvalue weighted by Crippen LogP contribution is 2.15. The first kappa shape index (κ1) is 20.3. The largest absolute Gasteiger partial charge is 0.617 e. The van der Waals surface area contributed by atoms with Gasteiger partial charge < -0.3 is 14.6 Å². The molecule has 1 aromatic rings. The first-order valence-corrected chi connectivity index (χ1v) is 6.89. The van der Waals surface area contributed by atoms with Gasteiger partial charge in [-0.3, -0.25) is 9.80 Å². The van der Waals surface area contributed by atoms with E-state index in [9.17, 15) is 27.9 Å². The second-order valence-electron chi connectivity index (χ2n) is 4.65. The van der Waals surface area contributed by atoms with Gasteiger partial charge >= 0.3 is 12.1 Å². The van der Waals surface area contributed by atoms with Crippen LogP contribution in [0.2, 0.25) is 0 Å². The summed E-state index contributed by atoms with van der Waals surface area (Å²) in [6.45, 7) is -1.60. The molecule has 0 heterocycles. The second-order valence-corrected chi connectivity index (χ2v) is 4.65. The van der Waals surface area contributed by atoms with Crippen molar-refractivity contribution in [2.45, 2.75) is 12.2 Å². The topological polar surface area (TPSA) is 90.9 Å². The van der Waals surface area contributed by atoms with E-state index < -0.39 is 36.6 Å². The molecule has 1 aromatic carbocycles. The molecule has 0 aliphatic heterocycles. The number of ether oxygens (including phenoxy) is 2. The molecule has 0 aliphatic carbocycles. The summed E-state index contributed by atoms with van der Waals surface area (Å²) < 4.78 is 46.4. The summed E-state index contributed by atoms with van der Waals surface area (Å²) in [5.41, 5.74) is 1.83. The molecule has 0 aliphatic rings. The van der Waals surface area contributed by atoms with Gasteiger partial charge in [0.25, 0.3) is 5.91 Å². The number of rotatable bonds is 7. The van der Waals surface area contributed by atoms with Crippen LogP contribution in [-0.4, -0.2) is 49.9 Å². The molecule has 7 nitrogen and oxygen atoms in total. The Balaban J connectivity index is 3.25. The van der Waals surface area contributed by atoms with Crippen LogP contribution < -0.4 is 10.5 Å². The van der Waals surface area contributed by atoms with Crippen LogP contribution in [0.5, 0.6) is 0 Å². The van der Waals surface area contributed by atoms with E-state index in [-0.39, 0.29) is 5.56 Å². The Morgan fingerprint density at radius 1 is 1.24 bits per heavy atom. The molecule has 1 N–H and O–H groups in total. The Labute approximate surface area is 141 Å². The lowest BCUT2D eigenvalue weighted by atomic mass is 10.2. The molecule has 0 saturated carbocycles. The summed E-state index contributed by atoms with van der Waals surface area (Å²) in [4.78, 5) is 24.4. The summed E-state index contributed by atoms with van der Waals surface area (Å²) >= 11 is 0. The molecule has 0 unspecified atom stereocenters. The van der Waals surface area contributed by atoms with Crippen LogP contribution in [-0.2, 0) is 14.3 Å². The van der Waals surface area contributed by atoms with Crippen molar-refractivity contribution in [3.63, 3.8) is 0 Å². The fraction of sp³-hybridized carbons (Fsp3) is 0.333. The monoisotopic (exact) mass is 361 g/mol. The first-order chi connectivity index (χ1) is 11.7. The zero-order valence-electron chi connectivity index (χ0n) is 13.4. The summed E-state index contributed by atoms with van der Waals surface area (Å²) in [5, 5.41) is 11.8. The van der Waals surface area contributed by atoms with E-state index in [1.165, 1.54) is 24.3 Å². The Hall–Kier alpha value is -2.75. The van der Waals surface area contributed by atoms with Gasteiger partial charge in [-0.05, 0) is 25.3 Å². The van der Waals surface area contributed by atoms with E-state index in [4.69, 9.17) is 0 Å². The summed E-state index contributed by atoms with van der Waals surface area (Å²) in [6.07, 6.45) is -4.03. The number of hydrogen-bond acceptors (Lipinski definition) is 6. The maximum Gasteiger partial charge on any atom is 0.402 e. The normalized spacial score (nSPS) is 13.1.